The monoisotopic (exact) mass is 501 g/mol. The van der Waals surface area contributed by atoms with Crippen molar-refractivity contribution < 1.29 is 23.9 Å². The van der Waals surface area contributed by atoms with E-state index in [-0.39, 0.29) is 43.0 Å². The van der Waals surface area contributed by atoms with E-state index in [1.54, 1.807) is 9.80 Å². The van der Waals surface area contributed by atoms with E-state index in [1.807, 2.05) is 30.3 Å². The van der Waals surface area contributed by atoms with Crippen LogP contribution >= 0.6 is 0 Å². The highest BCUT2D eigenvalue weighted by Gasteiger charge is 2.46. The van der Waals surface area contributed by atoms with Gasteiger partial charge in [0.05, 0.1) is 19.8 Å². The van der Waals surface area contributed by atoms with Crippen LogP contribution in [0.4, 0.5) is 0 Å². The normalized spacial score (nSPS) is 27.3. The fourth-order valence-corrected chi connectivity index (χ4v) is 5.21. The fraction of sp³-hybridized carbons (Fsp3) is 0.654. The second-order valence-corrected chi connectivity index (χ2v) is 9.89. The summed E-state index contributed by atoms with van der Waals surface area (Å²) < 4.78 is 11.1. The average Bonchev–Trinajstić information content (AvgIpc) is 3.32. The van der Waals surface area contributed by atoms with E-state index >= 15 is 0 Å². The Kier molecular flexibility index (Phi) is 9.30. The van der Waals surface area contributed by atoms with E-state index in [9.17, 15) is 14.4 Å². The highest BCUT2D eigenvalue weighted by Crippen LogP contribution is 2.24. The molecule has 0 aromatic heterocycles. The minimum absolute atomic E-state index is 0.0866. The van der Waals surface area contributed by atoms with Gasteiger partial charge in [0.15, 0.2) is 0 Å². The summed E-state index contributed by atoms with van der Waals surface area (Å²) in [5.41, 5.74) is 1.12. The smallest absolute Gasteiger partial charge is 0.249 e. The van der Waals surface area contributed by atoms with Crippen molar-refractivity contribution in [1.29, 1.82) is 0 Å². The number of carbonyl (C=O) groups is 3. The number of piperazine rings is 1. The summed E-state index contributed by atoms with van der Waals surface area (Å²) in [6.07, 6.45) is 0.658. The number of hydrogen-bond acceptors (Lipinski definition) is 7. The standard InChI is InChI=1S/C26H39N5O5/c1-19(2)29-11-12-30-22(17-29)26(34)31-10-8-21(28-16-20-6-4-3-5-7-20)24(31)25(33)27-9-13-35-14-15-36-18-23(30)32/h3-7,19,21-22,24,28H,8-18H2,1-2H3,(H,27,33)/t21-,22+,24+/m1/s1. The zero-order chi connectivity index (χ0) is 25.5. The van der Waals surface area contributed by atoms with Crippen molar-refractivity contribution in [2.45, 2.75) is 51.0 Å². The SMILES string of the molecule is CC(C)N1CCN2C(=O)COCCOCCNC(=O)[C@@H]3[C@H](NCc4ccccc4)CCN3C(=O)[C@@H]2C1. The van der Waals surface area contributed by atoms with Crippen LogP contribution in [-0.2, 0) is 30.4 Å². The van der Waals surface area contributed by atoms with Crippen LogP contribution < -0.4 is 10.6 Å². The summed E-state index contributed by atoms with van der Waals surface area (Å²) >= 11 is 0. The molecular weight excluding hydrogens is 462 g/mol. The van der Waals surface area contributed by atoms with Crippen LogP contribution in [0.3, 0.4) is 0 Å². The third-order valence-corrected chi connectivity index (χ3v) is 7.25. The molecule has 198 valence electrons. The number of benzene rings is 1. The average molecular weight is 502 g/mol. The highest BCUT2D eigenvalue weighted by atomic mass is 16.5. The first-order valence-corrected chi connectivity index (χ1v) is 13.0. The van der Waals surface area contributed by atoms with Crippen molar-refractivity contribution in [2.24, 2.45) is 0 Å². The molecule has 0 unspecified atom stereocenters. The van der Waals surface area contributed by atoms with Gasteiger partial charge >= 0.3 is 0 Å². The van der Waals surface area contributed by atoms with Gasteiger partial charge < -0.3 is 29.9 Å². The molecule has 36 heavy (non-hydrogen) atoms. The molecule has 0 bridgehead atoms. The molecular formula is C26H39N5O5. The van der Waals surface area contributed by atoms with Gasteiger partial charge in [-0.3, -0.25) is 19.3 Å². The van der Waals surface area contributed by atoms with Gasteiger partial charge in [0, 0.05) is 51.4 Å². The third kappa shape index (κ3) is 6.42. The number of carbonyl (C=O) groups excluding carboxylic acids is 3. The molecule has 10 heteroatoms. The van der Waals surface area contributed by atoms with Crippen LogP contribution in [0.2, 0.25) is 0 Å². The number of hydrogen-bond donors (Lipinski definition) is 2. The second-order valence-electron chi connectivity index (χ2n) is 9.89. The predicted molar refractivity (Wildman–Crippen MR) is 134 cm³/mol. The molecule has 3 aliphatic rings. The summed E-state index contributed by atoms with van der Waals surface area (Å²) in [6, 6.07) is 8.75. The molecule has 3 heterocycles. The lowest BCUT2D eigenvalue weighted by atomic mass is 10.1. The van der Waals surface area contributed by atoms with E-state index in [0.29, 0.717) is 58.9 Å². The van der Waals surface area contributed by atoms with Crippen LogP contribution in [0.15, 0.2) is 30.3 Å². The maximum absolute atomic E-state index is 14.0. The summed E-state index contributed by atoms with van der Waals surface area (Å²) in [5, 5.41) is 6.45. The molecule has 3 atom stereocenters. The zero-order valence-corrected chi connectivity index (χ0v) is 21.4. The lowest BCUT2D eigenvalue weighted by molar-refractivity contribution is -0.154. The second kappa shape index (κ2) is 12.6. The van der Waals surface area contributed by atoms with E-state index in [4.69, 9.17) is 9.47 Å². The summed E-state index contributed by atoms with van der Waals surface area (Å²) in [6.45, 7) is 8.05. The molecule has 0 radical (unpaired) electrons. The largest absolute Gasteiger partial charge is 0.377 e. The van der Waals surface area contributed by atoms with Crippen LogP contribution in [0.25, 0.3) is 0 Å². The van der Waals surface area contributed by atoms with Crippen LogP contribution in [0.1, 0.15) is 25.8 Å². The maximum Gasteiger partial charge on any atom is 0.249 e. The topological polar surface area (TPSA) is 103 Å². The van der Waals surface area contributed by atoms with E-state index in [0.717, 1.165) is 5.56 Å². The Morgan fingerprint density at radius 3 is 2.56 bits per heavy atom. The number of fused-ring (bicyclic) bond motifs is 2. The molecule has 3 amide bonds. The van der Waals surface area contributed by atoms with Gasteiger partial charge in [-0.25, -0.2) is 0 Å². The molecule has 0 aliphatic carbocycles. The minimum atomic E-state index is -0.658. The number of nitrogens with zero attached hydrogens (tertiary/aromatic N) is 3. The fourth-order valence-electron chi connectivity index (χ4n) is 5.21. The van der Waals surface area contributed by atoms with Crippen LogP contribution in [0, 0.1) is 0 Å². The molecule has 4 rings (SSSR count). The Morgan fingerprint density at radius 2 is 1.78 bits per heavy atom. The lowest BCUT2D eigenvalue weighted by Crippen LogP contribution is -2.64. The molecule has 0 spiro atoms. The van der Waals surface area contributed by atoms with Crippen molar-refractivity contribution in [3.63, 3.8) is 0 Å². The highest BCUT2D eigenvalue weighted by molar-refractivity contribution is 5.93. The molecule has 1 aromatic rings. The van der Waals surface area contributed by atoms with Gasteiger partial charge in [-0.15, -0.1) is 0 Å². The Hall–Kier alpha value is -2.53. The summed E-state index contributed by atoms with van der Waals surface area (Å²) in [5.74, 6) is -0.579. The molecule has 2 N–H and O–H groups in total. The molecule has 3 saturated heterocycles. The Labute approximate surface area is 213 Å². The number of amides is 3. The summed E-state index contributed by atoms with van der Waals surface area (Å²) in [4.78, 5) is 46.0. The first-order valence-electron chi connectivity index (χ1n) is 13.0. The van der Waals surface area contributed by atoms with Crippen molar-refractivity contribution in [1.82, 2.24) is 25.3 Å². The van der Waals surface area contributed by atoms with E-state index in [1.165, 1.54) is 0 Å². The van der Waals surface area contributed by atoms with Gasteiger partial charge in [-0.2, -0.15) is 0 Å². The number of nitrogens with one attached hydrogen (secondary N) is 2. The van der Waals surface area contributed by atoms with Gasteiger partial charge in [-0.1, -0.05) is 30.3 Å². The molecule has 1 aromatic carbocycles. The van der Waals surface area contributed by atoms with Crippen molar-refractivity contribution in [3.05, 3.63) is 35.9 Å². The van der Waals surface area contributed by atoms with Crippen LogP contribution in [-0.4, -0.2) is 116 Å². The predicted octanol–water partition coefficient (Wildman–Crippen LogP) is -0.170. The first-order chi connectivity index (χ1) is 17.5. The Bertz CT molecular complexity index is 898. The first kappa shape index (κ1) is 26.5. The van der Waals surface area contributed by atoms with Gasteiger partial charge in [0.25, 0.3) is 0 Å². The van der Waals surface area contributed by atoms with E-state index in [2.05, 4.69) is 29.4 Å². The van der Waals surface area contributed by atoms with Crippen LogP contribution in [0.5, 0.6) is 0 Å². The van der Waals surface area contributed by atoms with Gasteiger partial charge in [0.2, 0.25) is 17.7 Å². The molecule has 3 fully saturated rings. The molecule has 10 nitrogen and oxygen atoms in total. The van der Waals surface area contributed by atoms with E-state index < -0.39 is 12.1 Å². The Balaban J connectivity index is 1.57. The minimum Gasteiger partial charge on any atom is -0.377 e. The summed E-state index contributed by atoms with van der Waals surface area (Å²) in [7, 11) is 0. The lowest BCUT2D eigenvalue weighted by Gasteiger charge is -2.44. The van der Waals surface area contributed by atoms with Crippen molar-refractivity contribution >= 4 is 17.7 Å². The van der Waals surface area contributed by atoms with Crippen molar-refractivity contribution in [2.75, 3.05) is 59.2 Å². The Morgan fingerprint density at radius 1 is 1.00 bits per heavy atom. The number of rotatable bonds is 4. The number of ether oxygens (including phenoxy) is 2. The van der Waals surface area contributed by atoms with Crippen molar-refractivity contribution in [3.8, 4) is 0 Å². The maximum atomic E-state index is 14.0. The third-order valence-electron chi connectivity index (χ3n) is 7.25. The zero-order valence-electron chi connectivity index (χ0n) is 21.4. The molecule has 0 saturated carbocycles. The van der Waals surface area contributed by atoms with Gasteiger partial charge in [0.1, 0.15) is 18.7 Å². The molecule has 3 aliphatic heterocycles. The van der Waals surface area contributed by atoms with Gasteiger partial charge in [-0.05, 0) is 25.8 Å². The quantitative estimate of drug-likeness (QED) is 0.591.